The van der Waals surface area contributed by atoms with E-state index < -0.39 is 0 Å². The average Bonchev–Trinajstić information content (AvgIpc) is 2.63. The van der Waals surface area contributed by atoms with Gasteiger partial charge in [0.1, 0.15) is 11.5 Å². The minimum atomic E-state index is -0.283. The Hall–Kier alpha value is 0.0800. The summed E-state index contributed by atoms with van der Waals surface area (Å²) in [6, 6.07) is 0. The zero-order valence-corrected chi connectivity index (χ0v) is 18.4. The van der Waals surface area contributed by atoms with Crippen LogP contribution in [0.3, 0.4) is 0 Å². The molecule has 0 amide bonds. The minimum absolute atomic E-state index is 0.283. The number of hydrogen-bond donors (Lipinski definition) is 1. The van der Waals surface area contributed by atoms with Crippen LogP contribution in [0, 0.1) is 0 Å². The van der Waals surface area contributed by atoms with Crippen molar-refractivity contribution in [2.75, 3.05) is 17.4 Å². The third-order valence-corrected chi connectivity index (χ3v) is 5.47. The topological polar surface area (TPSA) is 20.2 Å². The van der Waals surface area contributed by atoms with E-state index in [9.17, 15) is 5.11 Å². The Bertz CT molecular complexity index is 250. The first kappa shape index (κ1) is 27.3. The molecule has 1 N–H and O–H groups in total. The molecule has 1 atom stereocenters. The molecule has 0 spiro atoms. The average molecular weight is 392 g/mol. The monoisotopic (exact) mass is 391 g/mol. The highest BCUT2D eigenvalue weighted by Crippen LogP contribution is 2.13. The fraction of sp³-hybridized carbons (Fsp3) is 0.818. The van der Waals surface area contributed by atoms with E-state index in [-0.39, 0.29) is 6.10 Å². The van der Waals surface area contributed by atoms with Gasteiger partial charge in [0.2, 0.25) is 0 Å². The Balaban J connectivity index is 0. The van der Waals surface area contributed by atoms with E-state index in [0.29, 0.717) is 5.88 Å². The van der Waals surface area contributed by atoms with Gasteiger partial charge in [0, 0.05) is 5.88 Å². The molecule has 0 saturated heterocycles. The van der Waals surface area contributed by atoms with Crippen molar-refractivity contribution < 1.29 is 5.11 Å². The fourth-order valence-corrected chi connectivity index (χ4v) is 3.22. The highest BCUT2D eigenvalue weighted by molar-refractivity contribution is 7.78. The first-order valence-electron chi connectivity index (χ1n) is 10.3. The standard InChI is InChI=1S/C16H33ClO.C6H10S/c1-2-3-4-5-6-7-8-9-10-11-12-13-14-16(18)15-17;1-3-5-7-6-4-2/h16,18H,2-15H2,1H3;3-4H,1-2,5-6H2/p+1. The van der Waals surface area contributed by atoms with Crippen molar-refractivity contribution >= 4 is 23.4 Å². The van der Waals surface area contributed by atoms with Crippen molar-refractivity contribution in [3.05, 3.63) is 25.3 Å². The van der Waals surface area contributed by atoms with Crippen LogP contribution in [0.15, 0.2) is 25.3 Å². The lowest BCUT2D eigenvalue weighted by Crippen LogP contribution is -2.07. The van der Waals surface area contributed by atoms with Gasteiger partial charge < -0.3 is 5.11 Å². The lowest BCUT2D eigenvalue weighted by molar-refractivity contribution is 0.183. The molecule has 25 heavy (non-hydrogen) atoms. The number of thiol groups is 1. The highest BCUT2D eigenvalue weighted by Gasteiger charge is 2.00. The molecular weight excluding hydrogens is 348 g/mol. The molecule has 0 aromatic carbocycles. The van der Waals surface area contributed by atoms with Crippen LogP contribution in [0.4, 0.5) is 0 Å². The van der Waals surface area contributed by atoms with Crippen LogP contribution in [0.25, 0.3) is 0 Å². The predicted molar refractivity (Wildman–Crippen MR) is 121 cm³/mol. The first-order chi connectivity index (χ1) is 12.2. The quantitative estimate of drug-likeness (QED) is 0.0889. The summed E-state index contributed by atoms with van der Waals surface area (Å²) in [5.41, 5.74) is 0. The van der Waals surface area contributed by atoms with Crippen LogP contribution in [-0.2, 0) is 11.8 Å². The summed E-state index contributed by atoms with van der Waals surface area (Å²) >= 11 is 6.95. The largest absolute Gasteiger partial charge is 0.392 e. The molecule has 0 rings (SSSR count). The predicted octanol–water partition coefficient (Wildman–Crippen LogP) is 6.85. The van der Waals surface area contributed by atoms with Gasteiger partial charge in [-0.2, -0.15) is 0 Å². The van der Waals surface area contributed by atoms with Gasteiger partial charge in [-0.3, -0.25) is 0 Å². The number of unbranched alkanes of at least 4 members (excludes halogenated alkanes) is 11. The second kappa shape index (κ2) is 26.3. The van der Waals surface area contributed by atoms with Crippen LogP contribution in [0.1, 0.15) is 90.4 Å². The maximum Gasteiger partial charge on any atom is 0.124 e. The van der Waals surface area contributed by atoms with Gasteiger partial charge in [0.25, 0.3) is 0 Å². The molecule has 0 fully saturated rings. The van der Waals surface area contributed by atoms with E-state index in [2.05, 4.69) is 20.1 Å². The summed E-state index contributed by atoms with van der Waals surface area (Å²) in [6.45, 7) is 9.45. The molecule has 0 radical (unpaired) electrons. The number of halogens is 1. The van der Waals surface area contributed by atoms with Gasteiger partial charge in [-0.15, -0.1) is 11.6 Å². The molecule has 0 aromatic heterocycles. The summed E-state index contributed by atoms with van der Waals surface area (Å²) < 4.78 is 0. The van der Waals surface area contributed by atoms with Gasteiger partial charge in [-0.05, 0) is 30.3 Å². The smallest absolute Gasteiger partial charge is 0.124 e. The number of aliphatic hydroxyl groups excluding tert-OH is 1. The van der Waals surface area contributed by atoms with Gasteiger partial charge in [-0.1, -0.05) is 97.1 Å². The summed E-state index contributed by atoms with van der Waals surface area (Å²) in [6.07, 6.45) is 20.8. The van der Waals surface area contributed by atoms with E-state index in [4.69, 9.17) is 11.6 Å². The van der Waals surface area contributed by atoms with E-state index in [1.54, 1.807) is 0 Å². The Morgan fingerprint density at radius 3 is 1.56 bits per heavy atom. The Morgan fingerprint density at radius 1 is 0.800 bits per heavy atom. The summed E-state index contributed by atoms with van der Waals surface area (Å²) in [7, 11) is 0. The molecule has 0 aromatic rings. The Labute approximate surface area is 167 Å². The van der Waals surface area contributed by atoms with Gasteiger partial charge in [-0.25, -0.2) is 0 Å². The normalized spacial score (nSPS) is 11.5. The van der Waals surface area contributed by atoms with E-state index in [1.165, 1.54) is 82.4 Å². The van der Waals surface area contributed by atoms with Crippen molar-refractivity contribution in [2.24, 2.45) is 0 Å². The highest BCUT2D eigenvalue weighted by atomic mass is 35.5. The zero-order valence-electron chi connectivity index (χ0n) is 16.7. The second-order valence-corrected chi connectivity index (χ2v) is 8.14. The molecule has 0 aliphatic heterocycles. The van der Waals surface area contributed by atoms with Crippen LogP contribution < -0.4 is 0 Å². The number of hydrogen-bond acceptors (Lipinski definition) is 1. The summed E-state index contributed by atoms with van der Waals surface area (Å²) in [5.74, 6) is 2.57. The lowest BCUT2D eigenvalue weighted by atomic mass is 10.0. The van der Waals surface area contributed by atoms with Crippen LogP contribution in [0.5, 0.6) is 0 Å². The van der Waals surface area contributed by atoms with Crippen molar-refractivity contribution in [3.8, 4) is 0 Å². The fourth-order valence-electron chi connectivity index (χ4n) is 2.56. The van der Waals surface area contributed by atoms with Gasteiger partial charge in [0.05, 0.1) is 6.10 Å². The minimum Gasteiger partial charge on any atom is -0.392 e. The van der Waals surface area contributed by atoms with Gasteiger partial charge >= 0.3 is 0 Å². The van der Waals surface area contributed by atoms with Gasteiger partial charge in [0.15, 0.2) is 0 Å². The Kier molecular flexibility index (Phi) is 28.7. The van der Waals surface area contributed by atoms with E-state index >= 15 is 0 Å². The third-order valence-electron chi connectivity index (χ3n) is 4.09. The maximum absolute atomic E-state index is 9.29. The third kappa shape index (κ3) is 29.1. The van der Waals surface area contributed by atoms with Crippen molar-refractivity contribution in [1.29, 1.82) is 0 Å². The van der Waals surface area contributed by atoms with Crippen LogP contribution >= 0.6 is 11.6 Å². The molecule has 0 aliphatic carbocycles. The molecule has 1 nitrogen and oxygen atoms in total. The lowest BCUT2D eigenvalue weighted by Gasteiger charge is -2.06. The van der Waals surface area contributed by atoms with Crippen molar-refractivity contribution in [3.63, 3.8) is 0 Å². The number of rotatable bonds is 18. The van der Waals surface area contributed by atoms with Crippen LogP contribution in [-0.4, -0.2) is 28.6 Å². The molecular formula is C22H44ClOS+. The number of alkyl halides is 1. The second-order valence-electron chi connectivity index (χ2n) is 6.65. The molecule has 150 valence electrons. The van der Waals surface area contributed by atoms with Crippen LogP contribution in [0.2, 0.25) is 0 Å². The van der Waals surface area contributed by atoms with Crippen molar-refractivity contribution in [1.82, 2.24) is 0 Å². The summed E-state index contributed by atoms with van der Waals surface area (Å²) in [4.78, 5) is 0. The molecule has 0 aliphatic rings. The molecule has 0 heterocycles. The summed E-state index contributed by atoms with van der Waals surface area (Å²) in [5, 5.41) is 9.29. The van der Waals surface area contributed by atoms with E-state index in [0.717, 1.165) is 24.3 Å². The molecule has 1 unspecified atom stereocenters. The zero-order chi connectivity index (χ0) is 19.0. The molecule has 3 heteroatoms. The van der Waals surface area contributed by atoms with Crippen molar-refractivity contribution in [2.45, 2.75) is 96.5 Å². The molecule has 0 bridgehead atoms. The number of aliphatic hydroxyl groups is 1. The van der Waals surface area contributed by atoms with E-state index in [1.807, 2.05) is 12.2 Å². The molecule has 0 saturated carbocycles. The maximum atomic E-state index is 9.29. The Morgan fingerprint density at radius 2 is 1.20 bits per heavy atom. The first-order valence-corrected chi connectivity index (χ1v) is 12.1. The SMILES string of the molecule is C=CC[SH+]CC=C.CCCCCCCCCCCCCCC(O)CCl.